The first-order chi connectivity index (χ1) is 11.8. The first-order valence-corrected chi connectivity index (χ1v) is 7.73. The molecule has 0 aliphatic carbocycles. The minimum absolute atomic E-state index is 0.116. The van der Waals surface area contributed by atoms with Crippen LogP contribution in [0.5, 0.6) is 11.5 Å². The third-order valence-corrected chi connectivity index (χ3v) is 4.17. The first-order valence-electron chi connectivity index (χ1n) is 7.73. The molecule has 4 rings (SSSR count). The highest BCUT2D eigenvalue weighted by atomic mass is 16.5. The molecule has 0 N–H and O–H groups in total. The maximum Gasteiger partial charge on any atom is 0.262 e. The number of aromatic nitrogens is 1. The molecule has 0 fully saturated rings. The number of ether oxygens (including phenoxy) is 2. The number of fused-ring (bicyclic) bond motifs is 2. The first kappa shape index (κ1) is 14.5. The van der Waals surface area contributed by atoms with Crippen LogP contribution in [0.3, 0.4) is 0 Å². The Morgan fingerprint density at radius 1 is 1.21 bits per heavy atom. The highest BCUT2D eigenvalue weighted by Crippen LogP contribution is 2.33. The van der Waals surface area contributed by atoms with Gasteiger partial charge in [0.25, 0.3) is 5.91 Å². The van der Waals surface area contributed by atoms with Gasteiger partial charge in [0.05, 0.1) is 25.4 Å². The maximum absolute atomic E-state index is 13.1. The van der Waals surface area contributed by atoms with E-state index in [1.807, 2.05) is 36.4 Å². The topological polar surface area (TPSA) is 51.7 Å². The van der Waals surface area contributed by atoms with Gasteiger partial charge in [-0.2, -0.15) is 0 Å². The van der Waals surface area contributed by atoms with Gasteiger partial charge in [-0.3, -0.25) is 9.78 Å². The van der Waals surface area contributed by atoms with Crippen molar-refractivity contribution in [2.24, 2.45) is 0 Å². The second-order valence-corrected chi connectivity index (χ2v) is 5.55. The third-order valence-electron chi connectivity index (χ3n) is 4.17. The zero-order valence-corrected chi connectivity index (χ0v) is 13.2. The number of carbonyl (C=O) groups excluding carboxylic acids is 1. The lowest BCUT2D eigenvalue weighted by Crippen LogP contribution is -2.38. The number of amides is 1. The molecule has 1 aromatic heterocycles. The second-order valence-electron chi connectivity index (χ2n) is 5.55. The van der Waals surface area contributed by atoms with Gasteiger partial charge >= 0.3 is 0 Å². The van der Waals surface area contributed by atoms with Crippen LogP contribution in [-0.4, -0.2) is 31.2 Å². The number of methoxy groups -OCH3 is 1. The van der Waals surface area contributed by atoms with Crippen molar-refractivity contribution in [3.63, 3.8) is 0 Å². The van der Waals surface area contributed by atoms with Crippen molar-refractivity contribution in [1.82, 2.24) is 4.98 Å². The molecular formula is C19H16N2O3. The van der Waals surface area contributed by atoms with Gasteiger partial charge in [-0.15, -0.1) is 0 Å². The Kier molecular flexibility index (Phi) is 3.54. The number of benzene rings is 2. The molecule has 1 aliphatic heterocycles. The molecule has 0 radical (unpaired) electrons. The molecule has 0 bridgehead atoms. The molecule has 5 nitrogen and oxygen atoms in total. The summed E-state index contributed by atoms with van der Waals surface area (Å²) in [6.45, 7) is 0.937. The minimum Gasteiger partial charge on any atom is -0.496 e. The van der Waals surface area contributed by atoms with Gasteiger partial charge in [0.2, 0.25) is 0 Å². The fourth-order valence-corrected chi connectivity index (χ4v) is 2.98. The molecule has 3 aromatic rings. The second kappa shape index (κ2) is 5.85. The molecule has 0 atom stereocenters. The molecule has 0 saturated heterocycles. The maximum atomic E-state index is 13.1. The predicted molar refractivity (Wildman–Crippen MR) is 91.9 cm³/mol. The van der Waals surface area contributed by atoms with E-state index in [9.17, 15) is 4.79 Å². The Labute approximate surface area is 139 Å². The zero-order chi connectivity index (χ0) is 16.5. The fraction of sp³-hybridized carbons (Fsp3) is 0.158. The van der Waals surface area contributed by atoms with Gasteiger partial charge in [0, 0.05) is 12.3 Å². The molecule has 24 heavy (non-hydrogen) atoms. The predicted octanol–water partition coefficient (Wildman–Crippen LogP) is 3.28. The van der Waals surface area contributed by atoms with Crippen molar-refractivity contribution in [2.75, 3.05) is 25.2 Å². The van der Waals surface area contributed by atoms with Gasteiger partial charge < -0.3 is 14.4 Å². The Morgan fingerprint density at radius 3 is 2.79 bits per heavy atom. The lowest BCUT2D eigenvalue weighted by molar-refractivity contribution is 0.0973. The molecule has 1 aliphatic rings. The number of carbonyl (C=O) groups is 1. The van der Waals surface area contributed by atoms with E-state index in [0.717, 1.165) is 10.8 Å². The van der Waals surface area contributed by atoms with E-state index in [1.165, 1.54) is 0 Å². The molecular weight excluding hydrogens is 304 g/mol. The molecule has 0 saturated carbocycles. The minimum atomic E-state index is -0.116. The van der Waals surface area contributed by atoms with E-state index in [-0.39, 0.29) is 5.91 Å². The Bertz CT molecular complexity index is 923. The SMILES string of the molecule is COc1cc2ccccc2cc1C(=O)N1CCOc2ccncc21. The number of rotatable bonds is 2. The summed E-state index contributed by atoms with van der Waals surface area (Å²) in [5.74, 6) is 1.12. The van der Waals surface area contributed by atoms with E-state index < -0.39 is 0 Å². The molecule has 0 unspecified atom stereocenters. The van der Waals surface area contributed by atoms with Gasteiger partial charge in [0.15, 0.2) is 0 Å². The summed E-state index contributed by atoms with van der Waals surface area (Å²) >= 11 is 0. The Balaban J connectivity index is 1.82. The molecule has 1 amide bonds. The van der Waals surface area contributed by atoms with Crippen LogP contribution in [0.15, 0.2) is 54.9 Å². The molecule has 5 heteroatoms. The lowest BCUT2D eigenvalue weighted by atomic mass is 10.0. The van der Waals surface area contributed by atoms with E-state index in [1.54, 1.807) is 30.5 Å². The Hall–Kier alpha value is -3.08. The van der Waals surface area contributed by atoms with Gasteiger partial charge in [-0.25, -0.2) is 0 Å². The monoisotopic (exact) mass is 320 g/mol. The third kappa shape index (κ3) is 2.34. The van der Waals surface area contributed by atoms with Gasteiger partial charge in [-0.1, -0.05) is 24.3 Å². The van der Waals surface area contributed by atoms with Crippen LogP contribution >= 0.6 is 0 Å². The molecule has 120 valence electrons. The van der Waals surface area contributed by atoms with Crippen LogP contribution in [-0.2, 0) is 0 Å². The zero-order valence-electron chi connectivity index (χ0n) is 13.2. The number of nitrogens with zero attached hydrogens (tertiary/aromatic N) is 2. The van der Waals surface area contributed by atoms with E-state index in [4.69, 9.17) is 9.47 Å². The number of hydrogen-bond acceptors (Lipinski definition) is 4. The summed E-state index contributed by atoms with van der Waals surface area (Å²) in [4.78, 5) is 19.0. The summed E-state index contributed by atoms with van der Waals surface area (Å²) < 4.78 is 11.1. The summed E-state index contributed by atoms with van der Waals surface area (Å²) in [7, 11) is 1.58. The average Bonchev–Trinajstić information content (AvgIpc) is 2.66. The van der Waals surface area contributed by atoms with Crippen LogP contribution in [0.1, 0.15) is 10.4 Å². The largest absolute Gasteiger partial charge is 0.496 e. The van der Waals surface area contributed by atoms with Crippen molar-refractivity contribution in [2.45, 2.75) is 0 Å². The number of pyridine rings is 1. The Morgan fingerprint density at radius 2 is 2.00 bits per heavy atom. The smallest absolute Gasteiger partial charge is 0.262 e. The van der Waals surface area contributed by atoms with E-state index >= 15 is 0 Å². The highest BCUT2D eigenvalue weighted by molar-refractivity contribution is 6.10. The van der Waals surface area contributed by atoms with Crippen LogP contribution in [0.4, 0.5) is 5.69 Å². The number of hydrogen-bond donors (Lipinski definition) is 0. The van der Waals surface area contributed by atoms with Crippen molar-refractivity contribution in [3.8, 4) is 11.5 Å². The van der Waals surface area contributed by atoms with Crippen molar-refractivity contribution in [1.29, 1.82) is 0 Å². The fourth-order valence-electron chi connectivity index (χ4n) is 2.98. The van der Waals surface area contributed by atoms with Crippen molar-refractivity contribution < 1.29 is 14.3 Å². The summed E-state index contributed by atoms with van der Waals surface area (Å²) in [6, 6.07) is 13.5. The normalized spacial score (nSPS) is 13.3. The van der Waals surface area contributed by atoms with E-state index in [0.29, 0.717) is 35.9 Å². The standard InChI is InChI=1S/C19H16N2O3/c1-23-18-11-14-5-3-2-4-13(14)10-15(18)19(22)21-8-9-24-17-6-7-20-12-16(17)21/h2-7,10-12H,8-9H2,1H3. The van der Waals surface area contributed by atoms with Crippen molar-refractivity contribution >= 4 is 22.4 Å². The number of anilines is 1. The summed E-state index contributed by atoms with van der Waals surface area (Å²) in [6.07, 6.45) is 3.31. The van der Waals surface area contributed by atoms with E-state index in [2.05, 4.69) is 4.98 Å². The lowest BCUT2D eigenvalue weighted by Gasteiger charge is -2.29. The van der Waals surface area contributed by atoms with Crippen LogP contribution in [0.2, 0.25) is 0 Å². The van der Waals surface area contributed by atoms with Gasteiger partial charge in [-0.05, 0) is 22.9 Å². The summed E-state index contributed by atoms with van der Waals surface area (Å²) in [5, 5.41) is 2.04. The van der Waals surface area contributed by atoms with Gasteiger partial charge in [0.1, 0.15) is 23.8 Å². The van der Waals surface area contributed by atoms with Crippen molar-refractivity contribution in [3.05, 3.63) is 60.4 Å². The summed E-state index contributed by atoms with van der Waals surface area (Å²) in [5.41, 5.74) is 1.22. The molecule has 2 heterocycles. The average molecular weight is 320 g/mol. The van der Waals surface area contributed by atoms with Crippen LogP contribution in [0.25, 0.3) is 10.8 Å². The quantitative estimate of drug-likeness (QED) is 0.727. The van der Waals surface area contributed by atoms with Crippen LogP contribution in [0, 0.1) is 0 Å². The highest BCUT2D eigenvalue weighted by Gasteiger charge is 2.27. The van der Waals surface area contributed by atoms with Crippen LogP contribution < -0.4 is 14.4 Å². The molecule has 0 spiro atoms. The molecule has 2 aromatic carbocycles.